The molecule has 2 heteroatoms. The fourth-order valence-corrected chi connectivity index (χ4v) is 4.91. The molecule has 2 unspecified atom stereocenters. The highest BCUT2D eigenvalue weighted by molar-refractivity contribution is 5.43. The molecule has 4 rings (SSSR count). The minimum Gasteiger partial charge on any atom is -0.497 e. The van der Waals surface area contributed by atoms with Crippen LogP contribution in [0.5, 0.6) is 5.75 Å². The van der Waals surface area contributed by atoms with E-state index in [0.29, 0.717) is 5.41 Å². The summed E-state index contributed by atoms with van der Waals surface area (Å²) in [6.07, 6.45) is 4.94. The SMILES string of the molecule is COc1ccc2c(c1)C1(C)CCN(CCc3ccccc3)CC(C2)C1. The third-order valence-corrected chi connectivity index (χ3v) is 6.27. The molecule has 2 nitrogen and oxygen atoms in total. The Morgan fingerprint density at radius 3 is 2.80 bits per heavy atom. The van der Waals surface area contributed by atoms with Crippen LogP contribution in [0, 0.1) is 5.92 Å². The van der Waals surface area contributed by atoms with Crippen LogP contribution in [0.3, 0.4) is 0 Å². The molecule has 2 atom stereocenters. The van der Waals surface area contributed by atoms with Gasteiger partial charge in [-0.15, -0.1) is 0 Å². The highest BCUT2D eigenvalue weighted by atomic mass is 16.5. The van der Waals surface area contributed by atoms with E-state index in [9.17, 15) is 0 Å². The molecule has 2 aliphatic rings. The minimum absolute atomic E-state index is 0.300. The van der Waals surface area contributed by atoms with Crippen LogP contribution in [0.1, 0.15) is 36.5 Å². The van der Waals surface area contributed by atoms with Gasteiger partial charge in [0.2, 0.25) is 0 Å². The summed E-state index contributed by atoms with van der Waals surface area (Å²) in [5.74, 6) is 1.78. The zero-order chi connectivity index (χ0) is 17.3. The van der Waals surface area contributed by atoms with E-state index >= 15 is 0 Å². The van der Waals surface area contributed by atoms with E-state index in [0.717, 1.165) is 18.1 Å². The molecule has 0 aromatic heterocycles. The zero-order valence-electron chi connectivity index (χ0n) is 15.5. The Morgan fingerprint density at radius 1 is 1.16 bits per heavy atom. The van der Waals surface area contributed by atoms with Crippen molar-refractivity contribution in [2.45, 2.75) is 38.0 Å². The van der Waals surface area contributed by atoms with E-state index < -0.39 is 0 Å². The van der Waals surface area contributed by atoms with Crippen LogP contribution in [-0.2, 0) is 18.3 Å². The zero-order valence-corrected chi connectivity index (χ0v) is 15.5. The molecule has 0 N–H and O–H groups in total. The van der Waals surface area contributed by atoms with Crippen LogP contribution in [-0.4, -0.2) is 31.6 Å². The smallest absolute Gasteiger partial charge is 0.119 e. The standard InChI is InChI=1S/C23H29NO/c1-23-11-13-24(12-10-18-6-4-3-5-7-18)17-19(16-23)14-20-8-9-21(25-2)15-22(20)23/h3-9,15,19H,10-14,16-17H2,1-2H3. The van der Waals surface area contributed by atoms with Crippen molar-refractivity contribution in [2.75, 3.05) is 26.7 Å². The molecule has 1 aliphatic heterocycles. The number of methoxy groups -OCH3 is 1. The number of likely N-dealkylation sites (tertiary alicyclic amines) is 1. The molecule has 0 amide bonds. The van der Waals surface area contributed by atoms with Gasteiger partial charge in [0, 0.05) is 13.1 Å². The largest absolute Gasteiger partial charge is 0.497 e. The van der Waals surface area contributed by atoms with Crippen molar-refractivity contribution in [1.82, 2.24) is 4.90 Å². The third-order valence-electron chi connectivity index (χ3n) is 6.27. The summed E-state index contributed by atoms with van der Waals surface area (Å²) in [4.78, 5) is 2.70. The maximum atomic E-state index is 5.49. The van der Waals surface area contributed by atoms with Crippen molar-refractivity contribution < 1.29 is 4.74 Å². The van der Waals surface area contributed by atoms with Gasteiger partial charge >= 0.3 is 0 Å². The Labute approximate surface area is 151 Å². The first-order chi connectivity index (χ1) is 12.2. The molecular formula is C23H29NO. The number of fused-ring (bicyclic) bond motifs is 4. The van der Waals surface area contributed by atoms with Crippen LogP contribution in [0.2, 0.25) is 0 Å². The Kier molecular flexibility index (Phi) is 4.56. The summed E-state index contributed by atoms with van der Waals surface area (Å²) in [5, 5.41) is 0. The maximum absolute atomic E-state index is 5.49. The first kappa shape index (κ1) is 16.7. The monoisotopic (exact) mass is 335 g/mol. The van der Waals surface area contributed by atoms with Gasteiger partial charge in [-0.3, -0.25) is 0 Å². The number of ether oxygens (including phenoxy) is 1. The van der Waals surface area contributed by atoms with Gasteiger partial charge in [0.1, 0.15) is 5.75 Å². The molecule has 2 bridgehead atoms. The summed E-state index contributed by atoms with van der Waals surface area (Å²) >= 11 is 0. The molecule has 1 saturated heterocycles. The lowest BCUT2D eigenvalue weighted by Gasteiger charge is -2.38. The lowest BCUT2D eigenvalue weighted by atomic mass is 9.66. The number of hydrogen-bond donors (Lipinski definition) is 0. The molecular weight excluding hydrogens is 306 g/mol. The highest BCUT2D eigenvalue weighted by Gasteiger charge is 2.39. The van der Waals surface area contributed by atoms with Gasteiger partial charge < -0.3 is 9.64 Å². The number of nitrogens with zero attached hydrogens (tertiary/aromatic N) is 1. The summed E-state index contributed by atoms with van der Waals surface area (Å²) in [6.45, 7) is 6.10. The predicted octanol–water partition coefficient (Wildman–Crippen LogP) is 4.46. The Hall–Kier alpha value is -1.80. The molecule has 0 spiro atoms. The summed E-state index contributed by atoms with van der Waals surface area (Å²) in [5.41, 5.74) is 4.83. The number of benzene rings is 2. The van der Waals surface area contributed by atoms with Crippen molar-refractivity contribution in [3.8, 4) is 5.75 Å². The van der Waals surface area contributed by atoms with E-state index in [4.69, 9.17) is 4.74 Å². The second-order valence-electron chi connectivity index (χ2n) is 8.14. The second-order valence-corrected chi connectivity index (χ2v) is 8.14. The van der Waals surface area contributed by atoms with Gasteiger partial charge in [0.15, 0.2) is 0 Å². The average Bonchev–Trinajstić information content (AvgIpc) is 2.77. The molecule has 2 aromatic carbocycles. The molecule has 1 fully saturated rings. The first-order valence-corrected chi connectivity index (χ1v) is 9.60. The van der Waals surface area contributed by atoms with E-state index in [1.165, 1.54) is 50.0 Å². The third kappa shape index (κ3) is 3.46. The summed E-state index contributed by atoms with van der Waals surface area (Å²) in [7, 11) is 1.77. The van der Waals surface area contributed by atoms with Gasteiger partial charge in [-0.05, 0) is 72.4 Å². The average molecular weight is 335 g/mol. The molecule has 25 heavy (non-hydrogen) atoms. The molecule has 1 heterocycles. The summed E-state index contributed by atoms with van der Waals surface area (Å²) in [6, 6.07) is 17.6. The quantitative estimate of drug-likeness (QED) is 0.818. The van der Waals surface area contributed by atoms with Crippen LogP contribution >= 0.6 is 0 Å². The van der Waals surface area contributed by atoms with E-state index in [1.807, 2.05) is 0 Å². The van der Waals surface area contributed by atoms with Crippen molar-refractivity contribution in [2.24, 2.45) is 5.92 Å². The van der Waals surface area contributed by atoms with Crippen LogP contribution in [0.15, 0.2) is 48.5 Å². The normalized spacial score (nSPS) is 25.9. The van der Waals surface area contributed by atoms with Crippen LogP contribution < -0.4 is 4.74 Å². The Bertz CT molecular complexity index is 726. The van der Waals surface area contributed by atoms with Crippen molar-refractivity contribution in [1.29, 1.82) is 0 Å². The molecule has 0 radical (unpaired) electrons. The molecule has 0 saturated carbocycles. The van der Waals surface area contributed by atoms with E-state index in [-0.39, 0.29) is 0 Å². The van der Waals surface area contributed by atoms with Gasteiger partial charge in [0.05, 0.1) is 7.11 Å². The Morgan fingerprint density at radius 2 is 2.00 bits per heavy atom. The maximum Gasteiger partial charge on any atom is 0.119 e. The number of hydrogen-bond acceptors (Lipinski definition) is 2. The van der Waals surface area contributed by atoms with Gasteiger partial charge in [-0.1, -0.05) is 43.3 Å². The first-order valence-electron chi connectivity index (χ1n) is 9.60. The fraction of sp³-hybridized carbons (Fsp3) is 0.478. The van der Waals surface area contributed by atoms with Crippen molar-refractivity contribution >= 4 is 0 Å². The van der Waals surface area contributed by atoms with Gasteiger partial charge in [-0.2, -0.15) is 0 Å². The van der Waals surface area contributed by atoms with E-state index in [2.05, 4.69) is 60.4 Å². The van der Waals surface area contributed by atoms with Crippen molar-refractivity contribution in [3.05, 3.63) is 65.2 Å². The molecule has 2 aromatic rings. The van der Waals surface area contributed by atoms with Crippen LogP contribution in [0.25, 0.3) is 0 Å². The number of rotatable bonds is 4. The second kappa shape index (κ2) is 6.84. The topological polar surface area (TPSA) is 12.5 Å². The fourth-order valence-electron chi connectivity index (χ4n) is 4.91. The predicted molar refractivity (Wildman–Crippen MR) is 103 cm³/mol. The highest BCUT2D eigenvalue weighted by Crippen LogP contribution is 2.45. The van der Waals surface area contributed by atoms with Crippen molar-refractivity contribution in [3.63, 3.8) is 0 Å². The molecule has 1 aliphatic carbocycles. The van der Waals surface area contributed by atoms with Gasteiger partial charge in [-0.25, -0.2) is 0 Å². The lowest BCUT2D eigenvalue weighted by Crippen LogP contribution is -2.33. The van der Waals surface area contributed by atoms with Crippen LogP contribution in [0.4, 0.5) is 0 Å². The minimum atomic E-state index is 0.300. The summed E-state index contributed by atoms with van der Waals surface area (Å²) < 4.78 is 5.49. The lowest BCUT2D eigenvalue weighted by molar-refractivity contribution is 0.249. The van der Waals surface area contributed by atoms with Gasteiger partial charge in [0.25, 0.3) is 0 Å². The molecule has 132 valence electrons. The van der Waals surface area contributed by atoms with E-state index in [1.54, 1.807) is 12.7 Å². The Balaban J connectivity index is 1.50.